The standard InChI is InChI=1S/C9H13N3O5S2/c1-5(7(13)12(2)3)11-19(16,17)9-6(8(14)15)10-4-18-9/h4-5,11H,1-3H3,(H,14,15). The molecule has 0 aliphatic heterocycles. The lowest BCUT2D eigenvalue weighted by Crippen LogP contribution is -2.44. The van der Waals surface area contributed by atoms with E-state index in [0.717, 1.165) is 5.51 Å². The number of likely N-dealkylation sites (N-methyl/N-ethyl adjacent to an activating group) is 1. The maximum Gasteiger partial charge on any atom is 0.356 e. The number of carbonyl (C=O) groups is 2. The van der Waals surface area contributed by atoms with Crippen molar-refractivity contribution in [2.45, 2.75) is 17.2 Å². The summed E-state index contributed by atoms with van der Waals surface area (Å²) in [5.41, 5.74) is 0.568. The van der Waals surface area contributed by atoms with E-state index < -0.39 is 37.8 Å². The number of hydrogen-bond donors (Lipinski definition) is 2. The van der Waals surface area contributed by atoms with Crippen LogP contribution in [0.4, 0.5) is 0 Å². The number of sulfonamides is 1. The molecule has 1 amide bonds. The Hall–Kier alpha value is -1.52. The fourth-order valence-electron chi connectivity index (χ4n) is 1.29. The normalized spacial score (nSPS) is 13.0. The van der Waals surface area contributed by atoms with Gasteiger partial charge in [-0.1, -0.05) is 0 Å². The Bertz CT molecular complexity index is 593. The molecular weight excluding hydrogens is 294 g/mol. The van der Waals surface area contributed by atoms with E-state index in [0.29, 0.717) is 11.3 Å². The molecule has 0 spiro atoms. The molecule has 1 heterocycles. The van der Waals surface area contributed by atoms with E-state index in [1.54, 1.807) is 0 Å². The van der Waals surface area contributed by atoms with Crippen LogP contribution in [0.25, 0.3) is 0 Å². The summed E-state index contributed by atoms with van der Waals surface area (Å²) in [6, 6.07) is -0.997. The minimum Gasteiger partial charge on any atom is -0.476 e. The fourth-order valence-corrected chi connectivity index (χ4v) is 3.65. The number of aromatic nitrogens is 1. The average Bonchev–Trinajstić information content (AvgIpc) is 2.76. The molecule has 106 valence electrons. The van der Waals surface area contributed by atoms with Gasteiger partial charge in [0.15, 0.2) is 9.90 Å². The van der Waals surface area contributed by atoms with E-state index in [2.05, 4.69) is 9.71 Å². The summed E-state index contributed by atoms with van der Waals surface area (Å²) in [5, 5.41) is 8.83. The van der Waals surface area contributed by atoms with E-state index in [1.165, 1.54) is 25.9 Å². The predicted molar refractivity (Wildman–Crippen MR) is 67.6 cm³/mol. The highest BCUT2D eigenvalue weighted by molar-refractivity contribution is 7.91. The quantitative estimate of drug-likeness (QED) is 0.764. The largest absolute Gasteiger partial charge is 0.476 e. The number of carbonyl (C=O) groups excluding carboxylic acids is 1. The van der Waals surface area contributed by atoms with Crippen LogP contribution in [0.5, 0.6) is 0 Å². The lowest BCUT2D eigenvalue weighted by molar-refractivity contribution is -0.130. The summed E-state index contributed by atoms with van der Waals surface area (Å²) in [7, 11) is -1.12. The maximum atomic E-state index is 12.0. The highest BCUT2D eigenvalue weighted by Gasteiger charge is 2.29. The number of nitrogens with one attached hydrogen (secondary N) is 1. The highest BCUT2D eigenvalue weighted by Crippen LogP contribution is 2.20. The molecule has 0 radical (unpaired) electrons. The Morgan fingerprint density at radius 1 is 1.47 bits per heavy atom. The smallest absolute Gasteiger partial charge is 0.356 e. The van der Waals surface area contributed by atoms with Gasteiger partial charge in [0.1, 0.15) is 0 Å². The second-order valence-corrected chi connectivity index (χ2v) is 6.63. The van der Waals surface area contributed by atoms with Gasteiger partial charge in [-0.3, -0.25) is 4.79 Å². The van der Waals surface area contributed by atoms with Crippen molar-refractivity contribution in [1.82, 2.24) is 14.6 Å². The van der Waals surface area contributed by atoms with Crippen LogP contribution < -0.4 is 4.72 Å². The fraction of sp³-hybridized carbons (Fsp3) is 0.444. The molecule has 0 bridgehead atoms. The van der Waals surface area contributed by atoms with Crippen LogP contribution in [0.2, 0.25) is 0 Å². The molecule has 0 aromatic carbocycles. The molecule has 0 saturated carbocycles. The number of rotatable bonds is 5. The molecular formula is C9H13N3O5S2. The first-order valence-electron chi connectivity index (χ1n) is 5.07. The van der Waals surface area contributed by atoms with Crippen LogP contribution in [0.15, 0.2) is 9.72 Å². The van der Waals surface area contributed by atoms with Gasteiger partial charge in [-0.05, 0) is 6.92 Å². The zero-order valence-corrected chi connectivity index (χ0v) is 12.1. The van der Waals surface area contributed by atoms with Crippen molar-refractivity contribution >= 4 is 33.2 Å². The van der Waals surface area contributed by atoms with Gasteiger partial charge in [-0.2, -0.15) is 4.72 Å². The Morgan fingerprint density at radius 3 is 2.53 bits per heavy atom. The van der Waals surface area contributed by atoms with Gasteiger partial charge in [0.25, 0.3) is 10.0 Å². The number of thiazole rings is 1. The van der Waals surface area contributed by atoms with Crippen LogP contribution in [0, 0.1) is 0 Å². The molecule has 1 rings (SSSR count). The Labute approximate surface area is 114 Å². The molecule has 8 nitrogen and oxygen atoms in total. The van der Waals surface area contributed by atoms with Gasteiger partial charge in [0.05, 0.1) is 11.6 Å². The number of carboxylic acids is 1. The highest BCUT2D eigenvalue weighted by atomic mass is 32.2. The lowest BCUT2D eigenvalue weighted by Gasteiger charge is -2.17. The van der Waals surface area contributed by atoms with Crippen LogP contribution in [0.1, 0.15) is 17.4 Å². The van der Waals surface area contributed by atoms with E-state index in [-0.39, 0.29) is 0 Å². The van der Waals surface area contributed by atoms with E-state index in [4.69, 9.17) is 5.11 Å². The summed E-state index contributed by atoms with van der Waals surface area (Å²) >= 11 is 0.680. The molecule has 0 saturated heterocycles. The van der Waals surface area contributed by atoms with Crippen molar-refractivity contribution in [2.75, 3.05) is 14.1 Å². The van der Waals surface area contributed by atoms with E-state index >= 15 is 0 Å². The molecule has 2 N–H and O–H groups in total. The Morgan fingerprint density at radius 2 is 2.05 bits per heavy atom. The van der Waals surface area contributed by atoms with Crippen molar-refractivity contribution in [2.24, 2.45) is 0 Å². The van der Waals surface area contributed by atoms with Gasteiger partial charge in [0, 0.05) is 14.1 Å². The Kier molecular flexibility index (Phi) is 4.61. The molecule has 10 heteroatoms. The molecule has 0 fully saturated rings. The van der Waals surface area contributed by atoms with Crippen LogP contribution in [-0.4, -0.2) is 55.4 Å². The molecule has 0 aliphatic rings. The first-order chi connectivity index (χ1) is 8.66. The predicted octanol–water partition coefficient (Wildman–Crippen LogP) is -0.404. The molecule has 1 unspecified atom stereocenters. The average molecular weight is 307 g/mol. The third-order valence-electron chi connectivity index (χ3n) is 2.12. The van der Waals surface area contributed by atoms with Crippen LogP contribution >= 0.6 is 11.3 Å². The number of nitrogens with zero attached hydrogens (tertiary/aromatic N) is 2. The minimum atomic E-state index is -4.09. The first-order valence-corrected chi connectivity index (χ1v) is 7.43. The van der Waals surface area contributed by atoms with Crippen LogP contribution in [0.3, 0.4) is 0 Å². The van der Waals surface area contributed by atoms with Crippen LogP contribution in [-0.2, 0) is 14.8 Å². The van der Waals surface area contributed by atoms with Gasteiger partial charge < -0.3 is 10.0 Å². The first kappa shape index (κ1) is 15.5. The third-order valence-corrected chi connectivity index (χ3v) is 5.04. The van der Waals surface area contributed by atoms with Gasteiger partial charge >= 0.3 is 5.97 Å². The summed E-state index contributed by atoms with van der Waals surface area (Å²) in [4.78, 5) is 27.1. The molecule has 1 atom stereocenters. The van der Waals surface area contributed by atoms with Gasteiger partial charge in [0.2, 0.25) is 5.91 Å². The minimum absolute atomic E-state index is 0.418. The Balaban J connectivity index is 3.03. The second kappa shape index (κ2) is 5.63. The summed E-state index contributed by atoms with van der Waals surface area (Å²) in [5.74, 6) is -1.88. The lowest BCUT2D eigenvalue weighted by atomic mass is 10.3. The summed E-state index contributed by atoms with van der Waals surface area (Å²) in [6.07, 6.45) is 0. The van der Waals surface area contributed by atoms with Crippen molar-refractivity contribution < 1.29 is 23.1 Å². The van der Waals surface area contributed by atoms with Gasteiger partial charge in [-0.15, -0.1) is 11.3 Å². The zero-order valence-electron chi connectivity index (χ0n) is 10.4. The molecule has 19 heavy (non-hydrogen) atoms. The topological polar surface area (TPSA) is 117 Å². The van der Waals surface area contributed by atoms with Crippen molar-refractivity contribution in [1.29, 1.82) is 0 Å². The number of hydrogen-bond acceptors (Lipinski definition) is 6. The number of aromatic carboxylic acids is 1. The second-order valence-electron chi connectivity index (χ2n) is 3.87. The SMILES string of the molecule is CC(NS(=O)(=O)c1scnc1C(=O)O)C(=O)N(C)C. The zero-order chi connectivity index (χ0) is 14.8. The van der Waals surface area contributed by atoms with Crippen molar-refractivity contribution in [3.63, 3.8) is 0 Å². The number of carboxylic acid groups (broad SMARTS) is 1. The molecule has 1 aromatic heterocycles. The third kappa shape index (κ3) is 3.49. The van der Waals surface area contributed by atoms with E-state index in [9.17, 15) is 18.0 Å². The van der Waals surface area contributed by atoms with Gasteiger partial charge in [-0.25, -0.2) is 18.2 Å². The molecule has 1 aromatic rings. The monoisotopic (exact) mass is 307 g/mol. The number of amides is 1. The van der Waals surface area contributed by atoms with E-state index in [1.807, 2.05) is 0 Å². The maximum absolute atomic E-state index is 12.0. The molecule has 0 aliphatic carbocycles. The summed E-state index contributed by atoms with van der Waals surface area (Å²) < 4.78 is 25.7. The summed E-state index contributed by atoms with van der Waals surface area (Å²) in [6.45, 7) is 1.38. The van der Waals surface area contributed by atoms with Crippen molar-refractivity contribution in [3.05, 3.63) is 11.2 Å². The van der Waals surface area contributed by atoms with Crippen molar-refractivity contribution in [3.8, 4) is 0 Å².